The second kappa shape index (κ2) is 6.49. The van der Waals surface area contributed by atoms with E-state index in [1.807, 2.05) is 35.0 Å². The molecule has 2 aromatic heterocycles. The van der Waals surface area contributed by atoms with E-state index in [9.17, 15) is 9.59 Å². The first-order valence-electron chi connectivity index (χ1n) is 7.86. The lowest BCUT2D eigenvalue weighted by Gasteiger charge is -2.20. The summed E-state index contributed by atoms with van der Waals surface area (Å²) >= 11 is 3.22. The molecule has 4 rings (SSSR count). The van der Waals surface area contributed by atoms with E-state index in [-0.39, 0.29) is 30.4 Å². The van der Waals surface area contributed by atoms with Crippen LogP contribution in [0.15, 0.2) is 40.1 Å². The SMILES string of the molecule is O=C(OCC(=O)N1N=C(c2cccs2)CC1c1cccs1)C1CC1. The van der Waals surface area contributed by atoms with Gasteiger partial charge in [-0.2, -0.15) is 5.10 Å². The van der Waals surface area contributed by atoms with Crippen molar-refractivity contribution in [3.63, 3.8) is 0 Å². The van der Waals surface area contributed by atoms with E-state index < -0.39 is 0 Å². The lowest BCUT2D eigenvalue weighted by atomic mass is 10.1. The molecule has 2 aromatic rings. The molecule has 0 saturated heterocycles. The molecule has 0 radical (unpaired) electrons. The molecule has 24 heavy (non-hydrogen) atoms. The average Bonchev–Trinajstić information content (AvgIpc) is 3.04. The fourth-order valence-electron chi connectivity index (χ4n) is 2.67. The smallest absolute Gasteiger partial charge is 0.309 e. The van der Waals surface area contributed by atoms with Gasteiger partial charge < -0.3 is 4.74 Å². The zero-order valence-electron chi connectivity index (χ0n) is 12.9. The normalized spacial score (nSPS) is 20.1. The van der Waals surface area contributed by atoms with Crippen LogP contribution in [-0.4, -0.2) is 29.2 Å². The van der Waals surface area contributed by atoms with Gasteiger partial charge >= 0.3 is 5.97 Å². The van der Waals surface area contributed by atoms with Crippen LogP contribution in [0.3, 0.4) is 0 Å². The van der Waals surface area contributed by atoms with Crippen LogP contribution in [0.2, 0.25) is 0 Å². The summed E-state index contributed by atoms with van der Waals surface area (Å²) in [5.74, 6) is -0.540. The highest BCUT2D eigenvalue weighted by molar-refractivity contribution is 7.12. The summed E-state index contributed by atoms with van der Waals surface area (Å²) in [6.45, 7) is -0.238. The molecule has 1 aliphatic carbocycles. The average molecular weight is 360 g/mol. The fraction of sp³-hybridized carbons (Fsp3) is 0.353. The Kier molecular flexibility index (Phi) is 4.20. The highest BCUT2D eigenvalue weighted by Crippen LogP contribution is 2.36. The van der Waals surface area contributed by atoms with Crippen molar-refractivity contribution in [2.24, 2.45) is 11.0 Å². The van der Waals surface area contributed by atoms with Gasteiger partial charge in [-0.1, -0.05) is 12.1 Å². The monoisotopic (exact) mass is 360 g/mol. The van der Waals surface area contributed by atoms with E-state index in [1.165, 1.54) is 5.01 Å². The zero-order chi connectivity index (χ0) is 16.5. The highest BCUT2D eigenvalue weighted by Gasteiger charge is 2.36. The predicted octanol–water partition coefficient (Wildman–Crippen LogP) is 3.44. The Morgan fingerprint density at radius 2 is 2.00 bits per heavy atom. The standard InChI is InChI=1S/C17H16N2O3S2/c20-16(10-22-17(21)11-5-6-11)19-13(15-4-2-8-24-15)9-12(18-19)14-3-1-7-23-14/h1-4,7-8,11,13H,5-6,9-10H2. The maximum absolute atomic E-state index is 12.6. The van der Waals surface area contributed by atoms with Crippen LogP contribution in [0.4, 0.5) is 0 Å². The van der Waals surface area contributed by atoms with E-state index in [2.05, 4.69) is 5.10 Å². The summed E-state index contributed by atoms with van der Waals surface area (Å²) in [6.07, 6.45) is 2.42. The van der Waals surface area contributed by atoms with Crippen molar-refractivity contribution in [3.05, 3.63) is 44.8 Å². The zero-order valence-corrected chi connectivity index (χ0v) is 14.5. The van der Waals surface area contributed by atoms with Gasteiger partial charge in [0, 0.05) is 11.3 Å². The topological polar surface area (TPSA) is 59.0 Å². The Morgan fingerprint density at radius 1 is 1.21 bits per heavy atom. The minimum atomic E-state index is -0.269. The lowest BCUT2D eigenvalue weighted by molar-refractivity contribution is -0.153. The van der Waals surface area contributed by atoms with E-state index in [0.717, 1.165) is 28.3 Å². The van der Waals surface area contributed by atoms with Crippen LogP contribution in [0.5, 0.6) is 0 Å². The number of ether oxygens (including phenoxy) is 1. The molecule has 0 N–H and O–H groups in total. The quantitative estimate of drug-likeness (QED) is 0.768. The van der Waals surface area contributed by atoms with Crippen molar-refractivity contribution >= 4 is 40.3 Å². The van der Waals surface area contributed by atoms with Gasteiger partial charge in [-0.3, -0.25) is 9.59 Å². The molecule has 0 spiro atoms. The van der Waals surface area contributed by atoms with Crippen LogP contribution in [0.1, 0.15) is 35.1 Å². The van der Waals surface area contributed by atoms with Gasteiger partial charge in [-0.25, -0.2) is 5.01 Å². The first-order chi connectivity index (χ1) is 11.7. The maximum atomic E-state index is 12.6. The van der Waals surface area contributed by atoms with Crippen molar-refractivity contribution in [3.8, 4) is 0 Å². The van der Waals surface area contributed by atoms with Crippen molar-refractivity contribution < 1.29 is 14.3 Å². The summed E-state index contributed by atoms with van der Waals surface area (Å²) in [5, 5.41) is 10.0. The van der Waals surface area contributed by atoms with Crippen LogP contribution < -0.4 is 0 Å². The van der Waals surface area contributed by atoms with Gasteiger partial charge in [0.25, 0.3) is 5.91 Å². The molecule has 3 heterocycles. The second-order valence-corrected chi connectivity index (χ2v) is 7.81. The van der Waals surface area contributed by atoms with Crippen LogP contribution in [-0.2, 0) is 14.3 Å². The Balaban J connectivity index is 1.51. The molecular weight excluding hydrogens is 344 g/mol. The highest BCUT2D eigenvalue weighted by atomic mass is 32.1. The third-order valence-corrected chi connectivity index (χ3v) is 5.98. The Morgan fingerprint density at radius 3 is 2.67 bits per heavy atom. The van der Waals surface area contributed by atoms with E-state index in [0.29, 0.717) is 6.42 Å². The Bertz CT molecular complexity index is 764. The number of hydrogen-bond donors (Lipinski definition) is 0. The number of carbonyl (C=O) groups is 2. The lowest BCUT2D eigenvalue weighted by Crippen LogP contribution is -2.31. The van der Waals surface area contributed by atoms with Gasteiger partial charge in [0.1, 0.15) is 0 Å². The molecule has 1 aliphatic heterocycles. The molecule has 1 unspecified atom stereocenters. The molecule has 2 aliphatic rings. The van der Waals surface area contributed by atoms with Crippen molar-refractivity contribution in [2.75, 3.05) is 6.61 Å². The largest absolute Gasteiger partial charge is 0.455 e. The third-order valence-electron chi connectivity index (χ3n) is 4.09. The maximum Gasteiger partial charge on any atom is 0.309 e. The van der Waals surface area contributed by atoms with Gasteiger partial charge in [0.2, 0.25) is 0 Å². The molecular formula is C17H16N2O3S2. The summed E-state index contributed by atoms with van der Waals surface area (Å²) in [5.41, 5.74) is 0.908. The molecule has 1 amide bonds. The predicted molar refractivity (Wildman–Crippen MR) is 93.1 cm³/mol. The first-order valence-corrected chi connectivity index (χ1v) is 9.62. The third kappa shape index (κ3) is 3.14. The van der Waals surface area contributed by atoms with Crippen molar-refractivity contribution in [1.82, 2.24) is 5.01 Å². The van der Waals surface area contributed by atoms with Gasteiger partial charge in [0.15, 0.2) is 6.61 Å². The molecule has 5 nitrogen and oxygen atoms in total. The van der Waals surface area contributed by atoms with E-state index in [1.54, 1.807) is 22.7 Å². The van der Waals surface area contributed by atoms with Gasteiger partial charge in [0.05, 0.1) is 22.5 Å². The first kappa shape index (κ1) is 15.5. The molecule has 124 valence electrons. The number of carbonyl (C=O) groups excluding carboxylic acids is 2. The number of rotatable bonds is 5. The number of amides is 1. The van der Waals surface area contributed by atoms with Crippen LogP contribution in [0, 0.1) is 5.92 Å². The molecule has 1 fully saturated rings. The van der Waals surface area contributed by atoms with Crippen molar-refractivity contribution in [2.45, 2.75) is 25.3 Å². The van der Waals surface area contributed by atoms with E-state index in [4.69, 9.17) is 4.74 Å². The summed E-state index contributed by atoms with van der Waals surface area (Å²) in [6, 6.07) is 7.85. The molecule has 7 heteroatoms. The number of hydrazone groups is 1. The minimum Gasteiger partial charge on any atom is -0.455 e. The molecule has 1 saturated carbocycles. The van der Waals surface area contributed by atoms with Gasteiger partial charge in [-0.05, 0) is 35.7 Å². The number of nitrogens with zero attached hydrogens (tertiary/aromatic N) is 2. The molecule has 1 atom stereocenters. The Hall–Kier alpha value is -1.99. The summed E-state index contributed by atoms with van der Waals surface area (Å²) < 4.78 is 5.14. The second-order valence-electron chi connectivity index (χ2n) is 5.88. The fourth-order valence-corrected chi connectivity index (χ4v) is 4.20. The Labute approximate surface area is 147 Å². The number of hydrogen-bond acceptors (Lipinski definition) is 6. The summed E-state index contributed by atoms with van der Waals surface area (Å²) in [4.78, 5) is 26.4. The van der Waals surface area contributed by atoms with Crippen molar-refractivity contribution in [1.29, 1.82) is 0 Å². The van der Waals surface area contributed by atoms with Crippen LogP contribution in [0.25, 0.3) is 0 Å². The van der Waals surface area contributed by atoms with Gasteiger partial charge in [-0.15, -0.1) is 22.7 Å². The number of thiophene rings is 2. The number of esters is 1. The molecule has 0 aromatic carbocycles. The molecule has 0 bridgehead atoms. The van der Waals surface area contributed by atoms with E-state index >= 15 is 0 Å². The summed E-state index contributed by atoms with van der Waals surface area (Å²) in [7, 11) is 0. The minimum absolute atomic E-state index is 0.00495. The van der Waals surface area contributed by atoms with Crippen LogP contribution >= 0.6 is 22.7 Å².